The number of piperidine rings is 1. The van der Waals surface area contributed by atoms with Crippen LogP contribution in [-0.4, -0.2) is 48.8 Å². The van der Waals surface area contributed by atoms with Gasteiger partial charge in [-0.3, -0.25) is 4.79 Å². The number of urea groups is 1. The van der Waals surface area contributed by atoms with Crippen molar-refractivity contribution in [2.75, 3.05) is 26.8 Å². The Morgan fingerprint density at radius 2 is 2.20 bits per heavy atom. The number of likely N-dealkylation sites (tertiary alicyclic amines) is 1. The number of carbonyl (C=O) groups is 2. The van der Waals surface area contributed by atoms with Crippen LogP contribution in [-0.2, 0) is 11.3 Å². The Labute approximate surface area is 151 Å². The molecule has 1 fully saturated rings. The smallest absolute Gasteiger partial charge is 0.317 e. The summed E-state index contributed by atoms with van der Waals surface area (Å²) in [4.78, 5) is 24.9. The molecular weight excluding hydrogens is 348 g/mol. The second-order valence-corrected chi connectivity index (χ2v) is 6.23. The number of aliphatic carboxylic acids is 1. The summed E-state index contributed by atoms with van der Waals surface area (Å²) in [6, 6.07) is 3.19. The molecule has 2 amide bonds. The number of carboxylic acid groups (broad SMARTS) is 1. The number of carbonyl (C=O) groups excluding carboxylic acids is 1. The molecule has 1 unspecified atom stereocenters. The Kier molecular flexibility index (Phi) is 6.75. The summed E-state index contributed by atoms with van der Waals surface area (Å²) < 4.78 is 10.7. The molecule has 8 heteroatoms. The highest BCUT2D eigenvalue weighted by Gasteiger charge is 2.28. The summed E-state index contributed by atoms with van der Waals surface area (Å²) in [6.45, 7) is 3.37. The van der Waals surface area contributed by atoms with E-state index < -0.39 is 11.9 Å². The minimum atomic E-state index is -0.861. The molecule has 0 aliphatic carbocycles. The maximum Gasteiger partial charge on any atom is 0.317 e. The third-order valence-electron chi connectivity index (χ3n) is 4.08. The van der Waals surface area contributed by atoms with Crippen molar-refractivity contribution >= 4 is 23.6 Å². The van der Waals surface area contributed by atoms with Gasteiger partial charge in [-0.2, -0.15) is 0 Å². The minimum absolute atomic E-state index is 0.231. The minimum Gasteiger partial charge on any atom is -0.493 e. The number of nitrogens with zero attached hydrogens (tertiary/aromatic N) is 1. The third-order valence-corrected chi connectivity index (χ3v) is 4.36. The van der Waals surface area contributed by atoms with Gasteiger partial charge in [0.25, 0.3) is 0 Å². The van der Waals surface area contributed by atoms with Gasteiger partial charge in [0.1, 0.15) is 0 Å². The molecule has 0 bridgehead atoms. The van der Waals surface area contributed by atoms with Crippen LogP contribution in [0.3, 0.4) is 0 Å². The van der Waals surface area contributed by atoms with Gasteiger partial charge in [0.2, 0.25) is 0 Å². The lowest BCUT2D eigenvalue weighted by Gasteiger charge is -2.30. The molecule has 1 heterocycles. The predicted octanol–water partition coefficient (Wildman–Crippen LogP) is 2.75. The molecule has 1 saturated heterocycles. The highest BCUT2D eigenvalue weighted by Crippen LogP contribution is 2.36. The van der Waals surface area contributed by atoms with Crippen molar-refractivity contribution in [2.24, 2.45) is 5.92 Å². The normalized spacial score (nSPS) is 17.1. The van der Waals surface area contributed by atoms with Gasteiger partial charge in [0.15, 0.2) is 11.5 Å². The molecule has 138 valence electrons. The summed E-state index contributed by atoms with van der Waals surface area (Å²) in [5, 5.41) is 12.3. The van der Waals surface area contributed by atoms with Crippen molar-refractivity contribution in [1.82, 2.24) is 10.2 Å². The molecule has 2 N–H and O–H groups in total. The second-order valence-electron chi connectivity index (χ2n) is 5.82. The van der Waals surface area contributed by atoms with Crippen molar-refractivity contribution in [3.8, 4) is 11.5 Å². The molecule has 25 heavy (non-hydrogen) atoms. The van der Waals surface area contributed by atoms with E-state index in [1.807, 2.05) is 6.92 Å². The van der Waals surface area contributed by atoms with E-state index in [-0.39, 0.29) is 19.1 Å². The summed E-state index contributed by atoms with van der Waals surface area (Å²) in [5.74, 6) is -0.385. The van der Waals surface area contributed by atoms with Crippen LogP contribution < -0.4 is 14.8 Å². The van der Waals surface area contributed by atoms with E-state index in [1.54, 1.807) is 12.1 Å². The lowest BCUT2D eigenvalue weighted by atomic mass is 9.99. The van der Waals surface area contributed by atoms with Gasteiger partial charge in [0, 0.05) is 19.6 Å². The van der Waals surface area contributed by atoms with E-state index in [9.17, 15) is 9.59 Å². The molecule has 1 aliphatic rings. The van der Waals surface area contributed by atoms with E-state index in [1.165, 1.54) is 12.0 Å². The molecule has 0 aromatic heterocycles. The molecule has 1 aromatic carbocycles. The third kappa shape index (κ3) is 4.92. The molecule has 0 spiro atoms. The number of hydrogen-bond acceptors (Lipinski definition) is 4. The summed E-state index contributed by atoms with van der Waals surface area (Å²) >= 11 is 6.22. The topological polar surface area (TPSA) is 88.1 Å². The monoisotopic (exact) mass is 370 g/mol. The van der Waals surface area contributed by atoms with E-state index in [4.69, 9.17) is 26.2 Å². The Hall–Kier alpha value is -2.15. The number of ether oxygens (including phenoxy) is 2. The first kappa shape index (κ1) is 19.2. The molecular formula is C17H23ClN2O5. The number of halogens is 1. The van der Waals surface area contributed by atoms with Crippen molar-refractivity contribution in [2.45, 2.75) is 26.3 Å². The zero-order valence-corrected chi connectivity index (χ0v) is 15.1. The van der Waals surface area contributed by atoms with Gasteiger partial charge in [-0.1, -0.05) is 11.6 Å². The van der Waals surface area contributed by atoms with E-state index >= 15 is 0 Å². The largest absolute Gasteiger partial charge is 0.493 e. The van der Waals surface area contributed by atoms with Crippen LogP contribution in [0.4, 0.5) is 4.79 Å². The summed E-state index contributed by atoms with van der Waals surface area (Å²) in [5.41, 5.74) is 0.769. The van der Waals surface area contributed by atoms with Crippen molar-refractivity contribution < 1.29 is 24.2 Å². The van der Waals surface area contributed by atoms with Crippen LogP contribution in [0.5, 0.6) is 11.5 Å². The van der Waals surface area contributed by atoms with Gasteiger partial charge < -0.3 is 24.8 Å². The molecule has 1 aliphatic heterocycles. The maximum absolute atomic E-state index is 12.3. The van der Waals surface area contributed by atoms with Crippen LogP contribution in [0.2, 0.25) is 5.02 Å². The fourth-order valence-corrected chi connectivity index (χ4v) is 3.10. The average Bonchev–Trinajstić information content (AvgIpc) is 2.61. The number of benzene rings is 1. The van der Waals surface area contributed by atoms with Gasteiger partial charge in [-0.15, -0.1) is 0 Å². The highest BCUT2D eigenvalue weighted by molar-refractivity contribution is 6.32. The first-order valence-corrected chi connectivity index (χ1v) is 8.58. The van der Waals surface area contributed by atoms with E-state index in [0.717, 1.165) is 5.56 Å². The highest BCUT2D eigenvalue weighted by atomic mass is 35.5. The standard InChI is InChI=1S/C17H23ClN2O5/c1-3-25-15-13(18)7-11(8-14(15)24-2)9-19-17(23)20-6-4-5-12(10-20)16(21)22/h7-8,12H,3-6,9-10H2,1-2H3,(H,19,23)(H,21,22). The SMILES string of the molecule is CCOc1c(Cl)cc(CNC(=O)N2CCCC(C(=O)O)C2)cc1OC. The number of methoxy groups -OCH3 is 1. The average molecular weight is 371 g/mol. The Morgan fingerprint density at radius 3 is 2.84 bits per heavy atom. The quantitative estimate of drug-likeness (QED) is 0.803. The van der Waals surface area contributed by atoms with Crippen molar-refractivity contribution in [3.63, 3.8) is 0 Å². The molecule has 7 nitrogen and oxygen atoms in total. The Bertz CT molecular complexity index is 638. The molecule has 0 radical (unpaired) electrons. The number of nitrogens with one attached hydrogen (secondary N) is 1. The van der Waals surface area contributed by atoms with Crippen molar-refractivity contribution in [3.05, 3.63) is 22.7 Å². The van der Waals surface area contributed by atoms with Gasteiger partial charge in [-0.25, -0.2) is 4.79 Å². The van der Waals surface area contributed by atoms with Crippen LogP contribution in [0.1, 0.15) is 25.3 Å². The second kappa shape index (κ2) is 8.80. The van der Waals surface area contributed by atoms with Crippen molar-refractivity contribution in [1.29, 1.82) is 0 Å². The number of carboxylic acids is 1. The fraction of sp³-hybridized carbons (Fsp3) is 0.529. The Morgan fingerprint density at radius 1 is 1.44 bits per heavy atom. The van der Waals surface area contributed by atoms with Crippen LogP contribution >= 0.6 is 11.6 Å². The molecule has 2 rings (SSSR count). The van der Waals surface area contributed by atoms with E-state index in [0.29, 0.717) is 42.5 Å². The van der Waals surface area contributed by atoms with Gasteiger partial charge in [0.05, 0.1) is 24.7 Å². The van der Waals surface area contributed by atoms with Crippen LogP contribution in [0, 0.1) is 5.92 Å². The summed E-state index contributed by atoms with van der Waals surface area (Å²) in [7, 11) is 1.52. The first-order chi connectivity index (χ1) is 12.0. The fourth-order valence-electron chi connectivity index (χ4n) is 2.81. The Balaban J connectivity index is 1.99. The number of hydrogen-bond donors (Lipinski definition) is 2. The van der Waals surface area contributed by atoms with Crippen LogP contribution in [0.25, 0.3) is 0 Å². The predicted molar refractivity (Wildman–Crippen MR) is 93.3 cm³/mol. The summed E-state index contributed by atoms with van der Waals surface area (Å²) in [6.07, 6.45) is 1.29. The van der Waals surface area contributed by atoms with E-state index in [2.05, 4.69) is 5.32 Å². The van der Waals surface area contributed by atoms with Gasteiger partial charge in [-0.05, 0) is 37.5 Å². The zero-order chi connectivity index (χ0) is 18.4. The van der Waals surface area contributed by atoms with Gasteiger partial charge >= 0.3 is 12.0 Å². The lowest BCUT2D eigenvalue weighted by Crippen LogP contribution is -2.46. The molecule has 1 atom stereocenters. The number of amides is 2. The molecule has 0 saturated carbocycles. The molecule has 1 aromatic rings. The lowest BCUT2D eigenvalue weighted by molar-refractivity contribution is -0.143. The zero-order valence-electron chi connectivity index (χ0n) is 14.4. The maximum atomic E-state index is 12.3. The number of rotatable bonds is 6. The van der Waals surface area contributed by atoms with Crippen LogP contribution in [0.15, 0.2) is 12.1 Å². The first-order valence-electron chi connectivity index (χ1n) is 8.21.